The van der Waals surface area contributed by atoms with Gasteiger partial charge in [-0.05, 0) is 29.2 Å². The van der Waals surface area contributed by atoms with E-state index in [0.29, 0.717) is 10.8 Å². The minimum atomic E-state index is 0.293. The quantitative estimate of drug-likeness (QED) is 0.574. The van der Waals surface area contributed by atoms with E-state index in [1.54, 1.807) is 0 Å². The van der Waals surface area contributed by atoms with E-state index in [2.05, 4.69) is 46.8 Å². The van der Waals surface area contributed by atoms with Crippen LogP contribution in [0.1, 0.15) is 84.7 Å². The summed E-state index contributed by atoms with van der Waals surface area (Å²) < 4.78 is 0. The highest BCUT2D eigenvalue weighted by molar-refractivity contribution is 5.74. The van der Waals surface area contributed by atoms with Gasteiger partial charge in [0.2, 0.25) is 0 Å². The Morgan fingerprint density at radius 3 is 1.62 bits per heavy atom. The van der Waals surface area contributed by atoms with Crippen molar-refractivity contribution in [3.8, 4) is 0 Å². The first kappa shape index (κ1) is 22.2. The van der Waals surface area contributed by atoms with Crippen LogP contribution in [-0.2, 0) is 6.42 Å². The Hall–Kier alpha value is -1.11. The van der Waals surface area contributed by atoms with E-state index in [9.17, 15) is 4.79 Å². The van der Waals surface area contributed by atoms with Crippen LogP contribution in [-0.4, -0.2) is 6.29 Å². The Balaban J connectivity index is 0. The van der Waals surface area contributed by atoms with E-state index < -0.39 is 0 Å². The number of aldehydes is 1. The number of hydrogen-bond donors (Lipinski definition) is 0. The molecule has 0 saturated carbocycles. The maximum atomic E-state index is 10.6. The number of carbonyl (C=O) groups is 1. The molecule has 21 heavy (non-hydrogen) atoms. The molecule has 122 valence electrons. The summed E-state index contributed by atoms with van der Waals surface area (Å²) >= 11 is 0. The van der Waals surface area contributed by atoms with Gasteiger partial charge < -0.3 is 0 Å². The monoisotopic (exact) mass is 292 g/mol. The molecule has 0 saturated heterocycles. The maximum Gasteiger partial charge on any atom is 0.150 e. The second kappa shape index (κ2) is 10.6. The molecule has 1 nitrogen and oxygen atoms in total. The van der Waals surface area contributed by atoms with Gasteiger partial charge >= 0.3 is 0 Å². The number of rotatable bonds is 4. The molecule has 0 unspecified atom stereocenters. The van der Waals surface area contributed by atoms with E-state index in [4.69, 9.17) is 0 Å². The summed E-state index contributed by atoms with van der Waals surface area (Å²) in [7, 11) is 0. The molecule has 0 aliphatic carbocycles. The van der Waals surface area contributed by atoms with Crippen LogP contribution >= 0.6 is 0 Å². The van der Waals surface area contributed by atoms with Crippen LogP contribution in [0.2, 0.25) is 0 Å². The first-order chi connectivity index (χ1) is 9.72. The maximum absolute atomic E-state index is 10.6. The number of benzene rings is 1. The highest BCUT2D eigenvalue weighted by atomic mass is 16.1. The van der Waals surface area contributed by atoms with E-state index in [1.165, 1.54) is 12.0 Å². The zero-order valence-corrected chi connectivity index (χ0v) is 15.7. The van der Waals surface area contributed by atoms with Gasteiger partial charge in [-0.1, -0.05) is 86.6 Å². The average Bonchev–Trinajstić information content (AvgIpc) is 2.41. The smallest absolute Gasteiger partial charge is 0.150 e. The van der Waals surface area contributed by atoms with Gasteiger partial charge in [0, 0.05) is 5.56 Å². The molecule has 1 aromatic rings. The standard InChI is InChI=1S/C16H24O.2C2H6/c1-15(2,3)12-16(4,5)10-13-6-8-14(11-17)9-7-13;2*1-2/h6-9,11H,10,12H2,1-5H3;2*1-2H3. The van der Waals surface area contributed by atoms with Crippen LogP contribution in [0, 0.1) is 10.8 Å². The minimum absolute atomic E-state index is 0.293. The zero-order valence-electron chi connectivity index (χ0n) is 15.7. The van der Waals surface area contributed by atoms with Gasteiger partial charge in [0.15, 0.2) is 0 Å². The minimum Gasteiger partial charge on any atom is -0.298 e. The van der Waals surface area contributed by atoms with Crippen LogP contribution in [0.3, 0.4) is 0 Å². The molecule has 1 heteroatoms. The summed E-state index contributed by atoms with van der Waals surface area (Å²) in [5, 5.41) is 0. The summed E-state index contributed by atoms with van der Waals surface area (Å²) in [6.07, 6.45) is 3.14. The Morgan fingerprint density at radius 1 is 0.857 bits per heavy atom. The summed E-state index contributed by atoms with van der Waals surface area (Å²) in [4.78, 5) is 10.6. The van der Waals surface area contributed by atoms with Crippen molar-refractivity contribution in [2.75, 3.05) is 0 Å². The molecule has 0 heterocycles. The molecular formula is C20H36O. The van der Waals surface area contributed by atoms with Gasteiger partial charge in [-0.15, -0.1) is 0 Å². The fourth-order valence-corrected chi connectivity index (χ4v) is 2.76. The van der Waals surface area contributed by atoms with Crippen molar-refractivity contribution in [1.82, 2.24) is 0 Å². The molecule has 0 aliphatic rings. The third kappa shape index (κ3) is 11.2. The summed E-state index contributed by atoms with van der Waals surface area (Å²) in [5.41, 5.74) is 2.71. The highest BCUT2D eigenvalue weighted by Gasteiger charge is 2.25. The number of carbonyl (C=O) groups excluding carboxylic acids is 1. The van der Waals surface area contributed by atoms with Crippen molar-refractivity contribution in [3.63, 3.8) is 0 Å². The highest BCUT2D eigenvalue weighted by Crippen LogP contribution is 2.35. The van der Waals surface area contributed by atoms with Crippen molar-refractivity contribution >= 4 is 6.29 Å². The molecule has 0 amide bonds. The van der Waals surface area contributed by atoms with Gasteiger partial charge in [-0.25, -0.2) is 0 Å². The van der Waals surface area contributed by atoms with Gasteiger partial charge in [0.05, 0.1) is 0 Å². The molecule has 1 rings (SSSR count). The molecule has 0 aromatic heterocycles. The van der Waals surface area contributed by atoms with Crippen molar-refractivity contribution in [1.29, 1.82) is 0 Å². The van der Waals surface area contributed by atoms with Crippen LogP contribution in [0.5, 0.6) is 0 Å². The lowest BCUT2D eigenvalue weighted by molar-refractivity contribution is 0.112. The van der Waals surface area contributed by atoms with Gasteiger partial charge in [-0.3, -0.25) is 4.79 Å². The van der Waals surface area contributed by atoms with Crippen LogP contribution in [0.4, 0.5) is 0 Å². The van der Waals surface area contributed by atoms with Gasteiger partial charge in [-0.2, -0.15) is 0 Å². The molecule has 0 N–H and O–H groups in total. The largest absolute Gasteiger partial charge is 0.298 e. The fourth-order valence-electron chi connectivity index (χ4n) is 2.76. The van der Waals surface area contributed by atoms with Crippen molar-refractivity contribution in [3.05, 3.63) is 35.4 Å². The third-order valence-electron chi connectivity index (χ3n) is 2.81. The van der Waals surface area contributed by atoms with Crippen LogP contribution in [0.15, 0.2) is 24.3 Å². The molecule has 0 atom stereocenters. The predicted octanol–water partition coefficient (Wildman–Crippen LogP) is 6.56. The molecule has 0 aliphatic heterocycles. The van der Waals surface area contributed by atoms with Crippen LogP contribution in [0.25, 0.3) is 0 Å². The lowest BCUT2D eigenvalue weighted by atomic mass is 9.73. The lowest BCUT2D eigenvalue weighted by Gasteiger charge is -2.32. The summed E-state index contributed by atoms with van der Waals surface area (Å²) in [6.45, 7) is 19.5. The fraction of sp³-hybridized carbons (Fsp3) is 0.650. The normalized spacial score (nSPS) is 10.7. The van der Waals surface area contributed by atoms with Crippen LogP contribution < -0.4 is 0 Å². The van der Waals surface area contributed by atoms with E-state index in [0.717, 1.165) is 18.3 Å². The molecule has 1 aromatic carbocycles. The second-order valence-electron chi connectivity index (χ2n) is 6.94. The Bertz CT molecular complexity index is 366. The summed E-state index contributed by atoms with van der Waals surface area (Å²) in [6, 6.07) is 7.92. The third-order valence-corrected chi connectivity index (χ3v) is 2.81. The van der Waals surface area contributed by atoms with Gasteiger partial charge in [0.25, 0.3) is 0 Å². The second-order valence-corrected chi connectivity index (χ2v) is 6.94. The molecule has 0 bridgehead atoms. The zero-order chi connectivity index (χ0) is 17.1. The van der Waals surface area contributed by atoms with E-state index in [-0.39, 0.29) is 0 Å². The number of hydrogen-bond acceptors (Lipinski definition) is 1. The van der Waals surface area contributed by atoms with Crippen molar-refractivity contribution in [2.45, 2.75) is 75.2 Å². The average molecular weight is 293 g/mol. The Kier molecular flexibility index (Phi) is 11.2. The van der Waals surface area contributed by atoms with E-state index >= 15 is 0 Å². The molecule has 0 fully saturated rings. The van der Waals surface area contributed by atoms with Crippen molar-refractivity contribution < 1.29 is 4.79 Å². The first-order valence-corrected chi connectivity index (χ1v) is 8.26. The first-order valence-electron chi connectivity index (χ1n) is 8.26. The lowest BCUT2D eigenvalue weighted by Crippen LogP contribution is -2.23. The Labute approximate surface area is 133 Å². The Morgan fingerprint density at radius 2 is 1.29 bits per heavy atom. The molecule has 0 radical (unpaired) electrons. The topological polar surface area (TPSA) is 17.1 Å². The molecular weight excluding hydrogens is 256 g/mol. The molecule has 0 spiro atoms. The van der Waals surface area contributed by atoms with Crippen molar-refractivity contribution in [2.24, 2.45) is 10.8 Å². The summed E-state index contributed by atoms with van der Waals surface area (Å²) in [5.74, 6) is 0. The van der Waals surface area contributed by atoms with E-state index in [1.807, 2.05) is 39.8 Å². The predicted molar refractivity (Wildman–Crippen MR) is 96.1 cm³/mol. The SMILES string of the molecule is CC.CC.CC(C)(C)CC(C)(C)Cc1ccc(C=O)cc1. The van der Waals surface area contributed by atoms with Gasteiger partial charge in [0.1, 0.15) is 6.29 Å².